The molecule has 14 heavy (non-hydrogen) atoms. The summed E-state index contributed by atoms with van der Waals surface area (Å²) in [6, 6.07) is -4.10. The summed E-state index contributed by atoms with van der Waals surface area (Å²) >= 11 is 0. The van der Waals surface area contributed by atoms with Crippen molar-refractivity contribution in [3.63, 3.8) is 0 Å². The lowest BCUT2D eigenvalue weighted by Gasteiger charge is -2.05. The molecule has 2 aromatic rings. The predicted molar refractivity (Wildman–Crippen MR) is 54.8 cm³/mol. The van der Waals surface area contributed by atoms with Crippen LogP contribution in [0.25, 0.3) is 10.8 Å². The van der Waals surface area contributed by atoms with Gasteiger partial charge in [-0.25, -0.2) is 0 Å². The van der Waals surface area contributed by atoms with Gasteiger partial charge in [-0.15, -0.1) is 0 Å². The number of hydrogen-bond donors (Lipinski definition) is 2. The molecule has 4 heteroatoms. The van der Waals surface area contributed by atoms with Crippen molar-refractivity contribution in [3.8, 4) is 5.75 Å². The molecular weight excluding hydrogens is 179 g/mol. The van der Waals surface area contributed by atoms with Crippen LogP contribution in [0.3, 0.4) is 0 Å². The Balaban J connectivity index is 3.03. The van der Waals surface area contributed by atoms with E-state index in [1.807, 2.05) is 0 Å². The normalized spacial score (nSPS) is 17.1. The van der Waals surface area contributed by atoms with Gasteiger partial charge in [0, 0.05) is 0 Å². The Bertz CT molecular complexity index is 750. The van der Waals surface area contributed by atoms with Crippen molar-refractivity contribution >= 4 is 18.1 Å². The number of fused-ring (bicyclic) bond motifs is 1. The van der Waals surface area contributed by atoms with Crippen molar-refractivity contribution in [3.05, 3.63) is 42.3 Å². The number of hydrogen-bond acceptors (Lipinski definition) is 3. The molecule has 0 fully saturated rings. The molecule has 0 atom stereocenters. The van der Waals surface area contributed by atoms with E-state index in [1.165, 1.54) is 0 Å². The van der Waals surface area contributed by atoms with E-state index in [9.17, 15) is 0 Å². The summed E-state index contributed by atoms with van der Waals surface area (Å²) in [6.45, 7) is 0. The SMILES string of the molecule is [2H]c1c([2H])c([2H])c2c([2H])c(OB(O)O)c([2H])c([2H])c2c1[2H]. The summed E-state index contributed by atoms with van der Waals surface area (Å²) in [6.07, 6.45) is 0. The van der Waals surface area contributed by atoms with Crippen LogP contribution in [0.1, 0.15) is 9.60 Å². The highest BCUT2D eigenvalue weighted by Crippen LogP contribution is 2.20. The van der Waals surface area contributed by atoms with Gasteiger partial charge in [-0.2, -0.15) is 0 Å². The molecule has 0 heterocycles. The first kappa shape index (κ1) is 3.92. The van der Waals surface area contributed by atoms with Crippen LogP contribution >= 0.6 is 0 Å². The van der Waals surface area contributed by atoms with Crippen LogP contribution in [-0.4, -0.2) is 17.4 Å². The summed E-state index contributed by atoms with van der Waals surface area (Å²) in [5, 5.41) is 17.0. The van der Waals surface area contributed by atoms with Gasteiger partial charge in [-0.1, -0.05) is 30.2 Å². The molecule has 0 aliphatic heterocycles. The minimum Gasteiger partial charge on any atom is -0.512 e. The summed E-state index contributed by atoms with van der Waals surface area (Å²) < 4.78 is 58.5. The molecular formula is C10H9BO3. The van der Waals surface area contributed by atoms with Crippen LogP contribution < -0.4 is 4.65 Å². The zero-order chi connectivity index (χ0) is 16.1. The van der Waals surface area contributed by atoms with E-state index in [2.05, 4.69) is 4.65 Å². The Morgan fingerprint density at radius 3 is 2.50 bits per heavy atom. The molecule has 0 radical (unpaired) electrons. The fraction of sp³-hybridized carbons (Fsp3) is 0. The minimum atomic E-state index is -2.31. The van der Waals surface area contributed by atoms with Crippen LogP contribution in [0.2, 0.25) is 0 Å². The van der Waals surface area contributed by atoms with Crippen molar-refractivity contribution in [2.75, 3.05) is 0 Å². The van der Waals surface area contributed by atoms with Gasteiger partial charge in [0.1, 0.15) is 5.75 Å². The van der Waals surface area contributed by atoms with Gasteiger partial charge in [0.25, 0.3) is 0 Å². The molecule has 0 aliphatic rings. The predicted octanol–water partition coefficient (Wildman–Crippen LogP) is 1.19. The first-order chi connectivity index (χ1) is 9.68. The Morgan fingerprint density at radius 2 is 1.79 bits per heavy atom. The van der Waals surface area contributed by atoms with E-state index in [0.29, 0.717) is 0 Å². The maximum atomic E-state index is 8.79. The molecule has 2 aromatic carbocycles. The van der Waals surface area contributed by atoms with Gasteiger partial charge in [-0.05, 0) is 22.9 Å². The molecule has 0 bridgehead atoms. The lowest BCUT2D eigenvalue weighted by molar-refractivity contribution is 0.288. The third kappa shape index (κ3) is 1.87. The zero-order valence-electron chi connectivity index (χ0n) is 13.9. The molecule has 0 unspecified atom stereocenters. The Kier molecular flexibility index (Phi) is 1.04. The van der Waals surface area contributed by atoms with E-state index in [4.69, 9.17) is 19.6 Å². The average Bonchev–Trinajstić information content (AvgIpc) is 2.42. The largest absolute Gasteiger partial charge is 0.707 e. The van der Waals surface area contributed by atoms with Crippen molar-refractivity contribution in [2.24, 2.45) is 0 Å². The molecule has 0 amide bonds. The van der Waals surface area contributed by atoms with Crippen LogP contribution in [0.15, 0.2) is 42.3 Å². The molecule has 70 valence electrons. The van der Waals surface area contributed by atoms with Gasteiger partial charge < -0.3 is 14.7 Å². The van der Waals surface area contributed by atoms with Crippen molar-refractivity contribution in [1.29, 1.82) is 0 Å². The van der Waals surface area contributed by atoms with Gasteiger partial charge in [0.2, 0.25) is 0 Å². The lowest BCUT2D eigenvalue weighted by Crippen LogP contribution is -2.20. The third-order valence-corrected chi connectivity index (χ3v) is 1.45. The maximum Gasteiger partial charge on any atom is 0.707 e. The zero-order valence-corrected chi connectivity index (χ0v) is 6.88. The number of rotatable bonds is 2. The van der Waals surface area contributed by atoms with Crippen LogP contribution in [0.4, 0.5) is 0 Å². The van der Waals surface area contributed by atoms with E-state index in [1.54, 1.807) is 0 Å². The topological polar surface area (TPSA) is 49.7 Å². The first-order valence-corrected chi connectivity index (χ1v) is 3.71. The Hall–Kier alpha value is -1.52. The van der Waals surface area contributed by atoms with Gasteiger partial charge in [0.05, 0.1) is 9.60 Å². The molecule has 0 saturated carbocycles. The van der Waals surface area contributed by atoms with Crippen molar-refractivity contribution < 1.29 is 24.3 Å². The standard InChI is InChI=1S/C10H9BO3/c12-11(13)14-10-6-5-8-3-1-2-4-9(8)7-10/h1-7,12-13H/i1D,2D,3D,4D,5D,6D,7D. The molecule has 2 rings (SSSR count). The van der Waals surface area contributed by atoms with Crippen LogP contribution in [0, 0.1) is 0 Å². The second-order valence-corrected chi connectivity index (χ2v) is 2.40. The molecule has 0 aromatic heterocycles. The number of benzene rings is 2. The molecule has 0 aliphatic carbocycles. The van der Waals surface area contributed by atoms with E-state index >= 15 is 0 Å². The second kappa shape index (κ2) is 3.70. The van der Waals surface area contributed by atoms with Crippen molar-refractivity contribution in [1.82, 2.24) is 0 Å². The summed E-state index contributed by atoms with van der Waals surface area (Å²) in [5.41, 5.74) is 0. The van der Waals surface area contributed by atoms with Gasteiger partial charge >= 0.3 is 7.32 Å². The van der Waals surface area contributed by atoms with Crippen LogP contribution in [0.5, 0.6) is 5.75 Å². The average molecular weight is 195 g/mol. The molecule has 3 nitrogen and oxygen atoms in total. The quantitative estimate of drug-likeness (QED) is 0.707. The van der Waals surface area contributed by atoms with E-state index in [0.717, 1.165) is 0 Å². The molecule has 0 spiro atoms. The maximum absolute atomic E-state index is 8.79. The summed E-state index contributed by atoms with van der Waals surface area (Å²) in [5.74, 6) is -0.632. The summed E-state index contributed by atoms with van der Waals surface area (Å²) in [7, 11) is -2.31. The monoisotopic (exact) mass is 195 g/mol. The highest BCUT2D eigenvalue weighted by Gasteiger charge is 2.10. The molecule has 0 saturated heterocycles. The van der Waals surface area contributed by atoms with E-state index in [-0.39, 0.29) is 10.8 Å². The van der Waals surface area contributed by atoms with Gasteiger partial charge in [0.15, 0.2) is 0 Å². The van der Waals surface area contributed by atoms with Crippen LogP contribution in [-0.2, 0) is 0 Å². The molecule has 2 N–H and O–H groups in total. The highest BCUT2D eigenvalue weighted by molar-refractivity contribution is 6.33. The van der Waals surface area contributed by atoms with Gasteiger partial charge in [-0.3, -0.25) is 0 Å². The highest BCUT2D eigenvalue weighted by atomic mass is 16.6. The summed E-state index contributed by atoms with van der Waals surface area (Å²) in [4.78, 5) is 0. The second-order valence-electron chi connectivity index (χ2n) is 2.40. The third-order valence-electron chi connectivity index (χ3n) is 1.45. The minimum absolute atomic E-state index is 0.282. The first-order valence-electron chi connectivity index (χ1n) is 7.21. The fourth-order valence-corrected chi connectivity index (χ4v) is 0.928. The smallest absolute Gasteiger partial charge is 0.512 e. The Labute approximate surface area is 91.6 Å². The lowest BCUT2D eigenvalue weighted by atomic mass is 10.1. The Morgan fingerprint density at radius 1 is 1.07 bits per heavy atom. The van der Waals surface area contributed by atoms with E-state index < -0.39 is 55.4 Å². The fourth-order valence-electron chi connectivity index (χ4n) is 0.928. The van der Waals surface area contributed by atoms with Crippen molar-refractivity contribution in [2.45, 2.75) is 0 Å².